The maximum Gasteiger partial charge on any atom is 0.323 e. The van der Waals surface area contributed by atoms with E-state index in [-0.39, 0.29) is 6.61 Å². The second-order valence-corrected chi connectivity index (χ2v) is 5.71. The minimum Gasteiger partial charge on any atom is -0.460 e. The molecule has 0 saturated carbocycles. The zero-order valence-electron chi connectivity index (χ0n) is 8.09. The van der Waals surface area contributed by atoms with Crippen LogP contribution in [-0.4, -0.2) is 24.7 Å². The molecule has 5 nitrogen and oxygen atoms in total. The van der Waals surface area contributed by atoms with Gasteiger partial charge in [-0.2, -0.15) is 8.42 Å². The van der Waals surface area contributed by atoms with Gasteiger partial charge in [-0.15, -0.1) is 0 Å². The Kier molecular flexibility index (Phi) is 4.69. The lowest BCUT2D eigenvalue weighted by Crippen LogP contribution is -2.17. The highest BCUT2D eigenvalue weighted by atomic mass is 127. The van der Waals surface area contributed by atoms with E-state index in [4.69, 9.17) is 4.55 Å². The second kappa shape index (κ2) is 5.60. The highest BCUT2D eigenvalue weighted by Gasteiger charge is 2.13. The molecule has 1 rings (SSSR count). The van der Waals surface area contributed by atoms with E-state index in [1.165, 1.54) is 0 Å². The van der Waals surface area contributed by atoms with Crippen molar-refractivity contribution in [2.24, 2.45) is 0 Å². The quantitative estimate of drug-likeness (QED) is 0.499. The van der Waals surface area contributed by atoms with Gasteiger partial charge in [0.05, 0.1) is 0 Å². The van der Waals surface area contributed by atoms with Crippen molar-refractivity contribution in [2.75, 3.05) is 5.75 Å². The van der Waals surface area contributed by atoms with Crippen molar-refractivity contribution in [3.8, 4) is 0 Å². The Labute approximate surface area is 107 Å². The number of esters is 1. The number of hydrogen-bond acceptors (Lipinski definition) is 4. The van der Waals surface area contributed by atoms with Crippen LogP contribution >= 0.6 is 22.6 Å². The van der Waals surface area contributed by atoms with Crippen LogP contribution in [0.15, 0.2) is 24.3 Å². The maximum atomic E-state index is 11.0. The minimum atomic E-state index is -4.31. The molecule has 0 atom stereocenters. The average molecular weight is 356 g/mol. The molecule has 1 aromatic carbocycles. The summed E-state index contributed by atoms with van der Waals surface area (Å²) in [5, 5.41) is 0. The molecule has 0 radical (unpaired) electrons. The van der Waals surface area contributed by atoms with E-state index >= 15 is 0 Å². The first kappa shape index (κ1) is 13.4. The zero-order valence-corrected chi connectivity index (χ0v) is 11.1. The van der Waals surface area contributed by atoms with Crippen molar-refractivity contribution in [1.29, 1.82) is 0 Å². The standard InChI is InChI=1S/C9H9IO5S/c10-8-3-1-2-7(4-8)5-15-9(11)6-16(12,13)14/h1-4H,5-6H2,(H,12,13,14). The van der Waals surface area contributed by atoms with Gasteiger partial charge in [-0.05, 0) is 40.3 Å². The summed E-state index contributed by atoms with van der Waals surface area (Å²) in [7, 11) is -4.31. The third kappa shape index (κ3) is 5.42. The number of halogens is 1. The molecular weight excluding hydrogens is 347 g/mol. The topological polar surface area (TPSA) is 80.7 Å². The summed E-state index contributed by atoms with van der Waals surface area (Å²) in [4.78, 5) is 11.0. The molecule has 0 unspecified atom stereocenters. The molecule has 0 heterocycles. The number of carbonyl (C=O) groups excluding carboxylic acids is 1. The van der Waals surface area contributed by atoms with E-state index in [9.17, 15) is 13.2 Å². The van der Waals surface area contributed by atoms with Gasteiger partial charge in [0.15, 0.2) is 5.75 Å². The number of hydrogen-bond donors (Lipinski definition) is 1. The van der Waals surface area contributed by atoms with Crippen LogP contribution in [0.2, 0.25) is 0 Å². The number of benzene rings is 1. The molecule has 7 heteroatoms. The van der Waals surface area contributed by atoms with Crippen LogP contribution in [0.25, 0.3) is 0 Å². The molecule has 16 heavy (non-hydrogen) atoms. The Morgan fingerprint density at radius 2 is 2.12 bits per heavy atom. The van der Waals surface area contributed by atoms with E-state index < -0.39 is 21.8 Å². The summed E-state index contributed by atoms with van der Waals surface area (Å²) in [6.07, 6.45) is 0. The van der Waals surface area contributed by atoms with E-state index in [1.54, 1.807) is 18.2 Å². The molecule has 88 valence electrons. The molecule has 0 aliphatic carbocycles. The average Bonchev–Trinajstić information content (AvgIpc) is 2.12. The molecule has 0 spiro atoms. The Balaban J connectivity index is 2.49. The Hall–Kier alpha value is -0.670. The summed E-state index contributed by atoms with van der Waals surface area (Å²) in [6.45, 7) is -0.00874. The molecule has 1 aromatic rings. The van der Waals surface area contributed by atoms with Crippen molar-refractivity contribution in [3.63, 3.8) is 0 Å². The van der Waals surface area contributed by atoms with Gasteiger partial charge in [0, 0.05) is 3.57 Å². The SMILES string of the molecule is O=C(CS(=O)(=O)O)OCc1cccc(I)c1. The van der Waals surface area contributed by atoms with Gasteiger partial charge >= 0.3 is 5.97 Å². The molecule has 0 fully saturated rings. The smallest absolute Gasteiger partial charge is 0.323 e. The van der Waals surface area contributed by atoms with Crippen molar-refractivity contribution >= 4 is 38.7 Å². The van der Waals surface area contributed by atoms with Gasteiger partial charge < -0.3 is 4.74 Å². The molecule has 0 amide bonds. The van der Waals surface area contributed by atoms with Gasteiger partial charge in [0.2, 0.25) is 0 Å². The zero-order chi connectivity index (χ0) is 12.2. The molecule has 0 saturated heterocycles. The summed E-state index contributed by atoms with van der Waals surface area (Å²) >= 11 is 2.11. The van der Waals surface area contributed by atoms with Crippen molar-refractivity contribution in [1.82, 2.24) is 0 Å². The fraction of sp³-hybridized carbons (Fsp3) is 0.222. The van der Waals surface area contributed by atoms with Crippen LogP contribution in [0, 0.1) is 3.57 Å². The second-order valence-electron chi connectivity index (χ2n) is 3.02. The lowest BCUT2D eigenvalue weighted by Gasteiger charge is -2.04. The molecule has 1 N–H and O–H groups in total. The third-order valence-corrected chi connectivity index (χ3v) is 2.86. The predicted octanol–water partition coefficient (Wildman–Crippen LogP) is 1.22. The molecule has 0 bridgehead atoms. The first-order chi connectivity index (χ1) is 7.37. The molecule has 0 aliphatic rings. The summed E-state index contributed by atoms with van der Waals surface area (Å²) in [5.41, 5.74) is 0.760. The van der Waals surface area contributed by atoms with Crippen LogP contribution in [0.3, 0.4) is 0 Å². The lowest BCUT2D eigenvalue weighted by atomic mass is 10.2. The third-order valence-electron chi connectivity index (χ3n) is 1.59. The molecular formula is C9H9IO5S. The van der Waals surface area contributed by atoms with Gasteiger partial charge in [-0.3, -0.25) is 9.35 Å². The van der Waals surface area contributed by atoms with Crippen molar-refractivity contribution in [2.45, 2.75) is 6.61 Å². The highest BCUT2D eigenvalue weighted by Crippen LogP contribution is 2.08. The fourth-order valence-corrected chi connectivity index (χ4v) is 1.97. The summed E-state index contributed by atoms with van der Waals surface area (Å²) in [6, 6.07) is 7.24. The first-order valence-electron chi connectivity index (χ1n) is 4.22. The maximum absolute atomic E-state index is 11.0. The van der Waals surface area contributed by atoms with E-state index in [2.05, 4.69) is 27.3 Å². The van der Waals surface area contributed by atoms with Gasteiger partial charge in [-0.1, -0.05) is 12.1 Å². The van der Waals surface area contributed by atoms with Crippen LogP contribution < -0.4 is 0 Å². The Morgan fingerprint density at radius 1 is 1.44 bits per heavy atom. The van der Waals surface area contributed by atoms with Gasteiger partial charge in [-0.25, -0.2) is 0 Å². The normalized spacial score (nSPS) is 11.1. The van der Waals surface area contributed by atoms with Crippen molar-refractivity contribution in [3.05, 3.63) is 33.4 Å². The van der Waals surface area contributed by atoms with Gasteiger partial charge in [0.1, 0.15) is 6.61 Å². The summed E-state index contributed by atoms with van der Waals surface area (Å²) < 4.78 is 34.8. The van der Waals surface area contributed by atoms with E-state index in [0.717, 1.165) is 9.13 Å². The lowest BCUT2D eigenvalue weighted by molar-refractivity contribution is -0.141. The van der Waals surface area contributed by atoms with Crippen LogP contribution in [0.4, 0.5) is 0 Å². The Morgan fingerprint density at radius 3 is 2.69 bits per heavy atom. The van der Waals surface area contributed by atoms with Gasteiger partial charge in [0.25, 0.3) is 10.1 Å². The highest BCUT2D eigenvalue weighted by molar-refractivity contribution is 14.1. The fourth-order valence-electron chi connectivity index (χ4n) is 0.981. The largest absolute Gasteiger partial charge is 0.460 e. The predicted molar refractivity (Wildman–Crippen MR) is 65.4 cm³/mol. The number of rotatable bonds is 4. The van der Waals surface area contributed by atoms with Crippen LogP contribution in [0.5, 0.6) is 0 Å². The van der Waals surface area contributed by atoms with Crippen LogP contribution in [-0.2, 0) is 26.3 Å². The number of carbonyl (C=O) groups is 1. The molecule has 0 aliphatic heterocycles. The van der Waals surface area contributed by atoms with E-state index in [1.807, 2.05) is 6.07 Å². The first-order valence-corrected chi connectivity index (χ1v) is 6.91. The molecule has 0 aromatic heterocycles. The number of ether oxygens (including phenoxy) is 1. The van der Waals surface area contributed by atoms with Crippen LogP contribution in [0.1, 0.15) is 5.56 Å². The Bertz CT molecular complexity index is 482. The summed E-state index contributed by atoms with van der Waals surface area (Å²) in [5.74, 6) is -1.99. The van der Waals surface area contributed by atoms with E-state index in [0.29, 0.717) is 0 Å². The monoisotopic (exact) mass is 356 g/mol. The minimum absolute atomic E-state index is 0.00874. The van der Waals surface area contributed by atoms with Crippen molar-refractivity contribution < 1.29 is 22.5 Å².